The lowest BCUT2D eigenvalue weighted by Gasteiger charge is -2.18. The molecule has 0 unspecified atom stereocenters. The number of imide groups is 1. The van der Waals surface area contributed by atoms with Crippen LogP contribution >= 0.6 is 0 Å². The molecule has 2 aliphatic rings. The Morgan fingerprint density at radius 3 is 2.57 bits per heavy atom. The molecule has 2 rings (SSSR count). The standard InChI is InChI=1S/C10H13NO3/c12-9-6-8(10(13)11-9)5-7-1-3-14-4-2-7/h5,7H,1-4,6H2,(H,11,12,13)/b8-5-. The van der Waals surface area contributed by atoms with Crippen LogP contribution in [0.1, 0.15) is 19.3 Å². The highest BCUT2D eigenvalue weighted by Crippen LogP contribution is 2.20. The van der Waals surface area contributed by atoms with Gasteiger partial charge >= 0.3 is 0 Å². The third kappa shape index (κ3) is 2.01. The zero-order chi connectivity index (χ0) is 9.97. The summed E-state index contributed by atoms with van der Waals surface area (Å²) < 4.78 is 5.22. The topological polar surface area (TPSA) is 55.4 Å². The molecule has 0 radical (unpaired) electrons. The third-order valence-corrected chi connectivity index (χ3v) is 2.60. The highest BCUT2D eigenvalue weighted by atomic mass is 16.5. The molecule has 76 valence electrons. The van der Waals surface area contributed by atoms with Gasteiger partial charge in [0.05, 0.1) is 6.42 Å². The summed E-state index contributed by atoms with van der Waals surface area (Å²) in [5, 5.41) is 2.28. The zero-order valence-electron chi connectivity index (χ0n) is 7.91. The minimum Gasteiger partial charge on any atom is -0.381 e. The Kier molecular flexibility index (Phi) is 2.63. The number of hydrogen-bond acceptors (Lipinski definition) is 3. The van der Waals surface area contributed by atoms with Gasteiger partial charge in [-0.3, -0.25) is 14.9 Å². The molecule has 4 nitrogen and oxygen atoms in total. The molecular formula is C10H13NO3. The summed E-state index contributed by atoms with van der Waals surface area (Å²) in [6.07, 6.45) is 4.08. The molecule has 1 N–H and O–H groups in total. The van der Waals surface area contributed by atoms with Crippen molar-refractivity contribution in [2.75, 3.05) is 13.2 Å². The predicted molar refractivity (Wildman–Crippen MR) is 49.4 cm³/mol. The Labute approximate surface area is 82.3 Å². The van der Waals surface area contributed by atoms with E-state index >= 15 is 0 Å². The van der Waals surface area contributed by atoms with Crippen LogP contribution in [0, 0.1) is 5.92 Å². The molecule has 4 heteroatoms. The van der Waals surface area contributed by atoms with Crippen molar-refractivity contribution in [2.24, 2.45) is 5.92 Å². The largest absolute Gasteiger partial charge is 0.381 e. The molecule has 0 spiro atoms. The summed E-state index contributed by atoms with van der Waals surface area (Å²) in [5.74, 6) is -0.00907. The minimum absolute atomic E-state index is 0.187. The number of allylic oxidation sites excluding steroid dienone is 1. The van der Waals surface area contributed by atoms with E-state index in [1.807, 2.05) is 6.08 Å². The predicted octanol–water partition coefficient (Wildman–Crippen LogP) is 0.386. The molecule has 2 heterocycles. The van der Waals surface area contributed by atoms with Gasteiger partial charge < -0.3 is 4.74 Å². The van der Waals surface area contributed by atoms with Crippen molar-refractivity contribution in [1.29, 1.82) is 0 Å². The number of nitrogens with one attached hydrogen (secondary N) is 1. The van der Waals surface area contributed by atoms with E-state index in [0.29, 0.717) is 11.5 Å². The number of carbonyl (C=O) groups is 2. The van der Waals surface area contributed by atoms with Crippen molar-refractivity contribution in [2.45, 2.75) is 19.3 Å². The van der Waals surface area contributed by atoms with Crippen LogP contribution in [0.5, 0.6) is 0 Å². The van der Waals surface area contributed by atoms with Crippen molar-refractivity contribution >= 4 is 11.8 Å². The smallest absolute Gasteiger partial charge is 0.253 e. The van der Waals surface area contributed by atoms with E-state index in [4.69, 9.17) is 4.74 Å². The van der Waals surface area contributed by atoms with Crippen LogP contribution in [0.25, 0.3) is 0 Å². The first-order valence-electron chi connectivity index (χ1n) is 4.88. The maximum atomic E-state index is 11.2. The van der Waals surface area contributed by atoms with E-state index in [1.54, 1.807) is 0 Å². The van der Waals surface area contributed by atoms with Gasteiger partial charge in [0.15, 0.2) is 0 Å². The summed E-state index contributed by atoms with van der Waals surface area (Å²) in [6, 6.07) is 0. The first-order chi connectivity index (χ1) is 6.75. The van der Waals surface area contributed by atoms with E-state index in [0.717, 1.165) is 26.1 Å². The van der Waals surface area contributed by atoms with E-state index in [-0.39, 0.29) is 18.2 Å². The summed E-state index contributed by atoms with van der Waals surface area (Å²) in [5.41, 5.74) is 0.627. The number of carbonyl (C=O) groups excluding carboxylic acids is 2. The maximum Gasteiger partial charge on any atom is 0.253 e. The molecule has 0 aromatic carbocycles. The van der Waals surface area contributed by atoms with Gasteiger partial charge in [0.1, 0.15) is 0 Å². The van der Waals surface area contributed by atoms with Crippen LogP contribution in [0.4, 0.5) is 0 Å². The van der Waals surface area contributed by atoms with Crippen LogP contribution < -0.4 is 5.32 Å². The molecule has 2 aliphatic heterocycles. The zero-order valence-corrected chi connectivity index (χ0v) is 7.91. The van der Waals surface area contributed by atoms with Gasteiger partial charge in [-0.15, -0.1) is 0 Å². The minimum atomic E-state index is -0.221. The molecule has 2 saturated heterocycles. The highest BCUT2D eigenvalue weighted by molar-refractivity contribution is 6.13. The van der Waals surface area contributed by atoms with Gasteiger partial charge in [0.25, 0.3) is 5.91 Å². The fraction of sp³-hybridized carbons (Fsp3) is 0.600. The molecule has 0 atom stereocenters. The number of amides is 2. The molecule has 0 aliphatic carbocycles. The Balaban J connectivity index is 2.02. The van der Waals surface area contributed by atoms with Gasteiger partial charge in [0, 0.05) is 18.8 Å². The second kappa shape index (κ2) is 3.92. The molecule has 0 bridgehead atoms. The summed E-state index contributed by atoms with van der Waals surface area (Å²) in [4.78, 5) is 22.1. The first kappa shape index (κ1) is 9.40. The van der Waals surface area contributed by atoms with Crippen LogP contribution in [0.15, 0.2) is 11.6 Å². The SMILES string of the molecule is O=C1C/C(=C/C2CCOCC2)C(=O)N1. The molecular weight excluding hydrogens is 182 g/mol. The highest BCUT2D eigenvalue weighted by Gasteiger charge is 2.25. The molecule has 0 saturated carbocycles. The lowest BCUT2D eigenvalue weighted by atomic mass is 9.97. The molecule has 0 aromatic heterocycles. The second-order valence-corrected chi connectivity index (χ2v) is 3.70. The summed E-state index contributed by atoms with van der Waals surface area (Å²) >= 11 is 0. The summed E-state index contributed by atoms with van der Waals surface area (Å²) in [7, 11) is 0. The van der Waals surface area contributed by atoms with Crippen LogP contribution in [0.3, 0.4) is 0 Å². The fourth-order valence-electron chi connectivity index (χ4n) is 1.81. The molecule has 2 amide bonds. The van der Waals surface area contributed by atoms with Crippen LogP contribution in [-0.2, 0) is 14.3 Å². The lowest BCUT2D eigenvalue weighted by molar-refractivity contribution is -0.124. The quantitative estimate of drug-likeness (QED) is 0.486. The van der Waals surface area contributed by atoms with Gasteiger partial charge in [-0.1, -0.05) is 6.08 Å². The molecule has 14 heavy (non-hydrogen) atoms. The Hall–Kier alpha value is -1.16. The van der Waals surface area contributed by atoms with Gasteiger partial charge in [-0.25, -0.2) is 0 Å². The summed E-state index contributed by atoms with van der Waals surface area (Å²) in [6.45, 7) is 1.51. The lowest BCUT2D eigenvalue weighted by Crippen LogP contribution is -2.20. The van der Waals surface area contributed by atoms with Gasteiger partial charge in [-0.2, -0.15) is 0 Å². The van der Waals surface area contributed by atoms with E-state index < -0.39 is 0 Å². The van der Waals surface area contributed by atoms with Crippen LogP contribution in [-0.4, -0.2) is 25.0 Å². The van der Waals surface area contributed by atoms with Crippen molar-refractivity contribution in [3.05, 3.63) is 11.6 Å². The first-order valence-corrected chi connectivity index (χ1v) is 4.88. The second-order valence-electron chi connectivity index (χ2n) is 3.70. The van der Waals surface area contributed by atoms with Crippen molar-refractivity contribution in [3.63, 3.8) is 0 Å². The van der Waals surface area contributed by atoms with E-state index in [9.17, 15) is 9.59 Å². The molecule has 0 aromatic rings. The van der Waals surface area contributed by atoms with Crippen LogP contribution in [0.2, 0.25) is 0 Å². The number of rotatable bonds is 1. The van der Waals surface area contributed by atoms with Gasteiger partial charge in [-0.05, 0) is 18.8 Å². The Morgan fingerprint density at radius 1 is 1.29 bits per heavy atom. The normalized spacial score (nSPS) is 27.0. The maximum absolute atomic E-state index is 11.2. The van der Waals surface area contributed by atoms with Crippen molar-refractivity contribution in [3.8, 4) is 0 Å². The molecule has 2 fully saturated rings. The monoisotopic (exact) mass is 195 g/mol. The average Bonchev–Trinajstić information content (AvgIpc) is 2.47. The Morgan fingerprint density at radius 2 is 2.00 bits per heavy atom. The number of hydrogen-bond donors (Lipinski definition) is 1. The Bertz CT molecular complexity index is 290. The fourth-order valence-corrected chi connectivity index (χ4v) is 1.81. The van der Waals surface area contributed by atoms with Gasteiger partial charge in [0.2, 0.25) is 5.91 Å². The van der Waals surface area contributed by atoms with E-state index in [1.165, 1.54) is 0 Å². The number of ether oxygens (including phenoxy) is 1. The average molecular weight is 195 g/mol. The third-order valence-electron chi connectivity index (χ3n) is 2.60. The van der Waals surface area contributed by atoms with E-state index in [2.05, 4.69) is 5.32 Å². The van der Waals surface area contributed by atoms with Crippen molar-refractivity contribution < 1.29 is 14.3 Å². The van der Waals surface area contributed by atoms with Crippen molar-refractivity contribution in [1.82, 2.24) is 5.32 Å².